The third kappa shape index (κ3) is 11.1. The summed E-state index contributed by atoms with van der Waals surface area (Å²) in [5.74, 6) is -4.34. The van der Waals surface area contributed by atoms with Crippen LogP contribution in [0.25, 0.3) is 0 Å². The topological polar surface area (TPSA) is 173 Å². The maximum absolute atomic E-state index is 10.8. The van der Waals surface area contributed by atoms with Crippen LogP contribution in [-0.2, 0) is 19.2 Å². The van der Waals surface area contributed by atoms with Crippen molar-refractivity contribution in [2.75, 3.05) is 26.2 Å². The first-order chi connectivity index (χ1) is 10.7. The zero-order chi connectivity index (χ0) is 17.9. The lowest BCUT2D eigenvalue weighted by molar-refractivity contribution is -0.139. The van der Waals surface area contributed by atoms with E-state index in [1.807, 2.05) is 0 Å². The van der Waals surface area contributed by atoms with Crippen LogP contribution in [0, 0.1) is 5.41 Å². The number of rotatable bonds is 14. The maximum atomic E-state index is 10.8. The van der Waals surface area contributed by atoms with E-state index >= 15 is 0 Å². The van der Waals surface area contributed by atoms with Gasteiger partial charge in [-0.05, 0) is 18.3 Å². The average molecular weight is 334 g/mol. The quantitative estimate of drug-likeness (QED) is 0.232. The predicted octanol–water partition coefficient (Wildman–Crippen LogP) is -0.949. The van der Waals surface area contributed by atoms with Gasteiger partial charge in [-0.2, -0.15) is 0 Å². The van der Waals surface area contributed by atoms with Gasteiger partial charge < -0.3 is 31.1 Å². The molecule has 10 nitrogen and oxygen atoms in total. The number of carboxylic acid groups (broad SMARTS) is 4. The zero-order valence-corrected chi connectivity index (χ0v) is 12.6. The first kappa shape index (κ1) is 20.8. The van der Waals surface area contributed by atoms with Crippen molar-refractivity contribution in [3.8, 4) is 0 Å². The van der Waals surface area contributed by atoms with Crippen LogP contribution in [0.1, 0.15) is 25.7 Å². The van der Waals surface area contributed by atoms with Gasteiger partial charge in [0.05, 0.1) is 13.1 Å². The Morgan fingerprint density at radius 1 is 0.652 bits per heavy atom. The van der Waals surface area contributed by atoms with E-state index in [0.717, 1.165) is 0 Å². The molecule has 23 heavy (non-hydrogen) atoms. The minimum absolute atomic E-state index is 0.0620. The first-order valence-electron chi connectivity index (χ1n) is 6.95. The molecule has 0 saturated carbocycles. The molecular formula is C13H22N2O8. The normalized spacial score (nSPS) is 11.1. The van der Waals surface area contributed by atoms with E-state index < -0.39 is 29.3 Å². The fourth-order valence-corrected chi connectivity index (χ4v) is 2.15. The molecule has 0 fully saturated rings. The number of aliphatic carboxylic acids is 4. The van der Waals surface area contributed by atoms with Gasteiger partial charge in [0.1, 0.15) is 0 Å². The van der Waals surface area contributed by atoms with Crippen molar-refractivity contribution in [2.24, 2.45) is 5.41 Å². The summed E-state index contributed by atoms with van der Waals surface area (Å²) in [7, 11) is 0. The minimum Gasteiger partial charge on any atom is -0.481 e. The lowest BCUT2D eigenvalue weighted by Gasteiger charge is -2.33. The highest BCUT2D eigenvalue weighted by Gasteiger charge is 2.31. The standard InChI is InChI=1S/C13H22N2O8/c16-9(17)1-3-13(4-2-10(18)19,7-14-5-11(20)21)8-15-6-12(22)23/h14-15H,1-8H2,(H,16,17)(H,18,19)(H,20,21)(H,22,23). The van der Waals surface area contributed by atoms with E-state index in [1.165, 1.54) is 0 Å². The van der Waals surface area contributed by atoms with Crippen LogP contribution in [0.15, 0.2) is 0 Å². The van der Waals surface area contributed by atoms with Crippen molar-refractivity contribution in [1.29, 1.82) is 0 Å². The highest BCUT2D eigenvalue weighted by Crippen LogP contribution is 2.29. The lowest BCUT2D eigenvalue weighted by atomic mass is 9.78. The second-order valence-electron chi connectivity index (χ2n) is 5.28. The molecule has 10 heteroatoms. The van der Waals surface area contributed by atoms with Gasteiger partial charge in [0, 0.05) is 25.9 Å². The smallest absolute Gasteiger partial charge is 0.317 e. The van der Waals surface area contributed by atoms with Gasteiger partial charge in [0.15, 0.2) is 0 Å². The van der Waals surface area contributed by atoms with Crippen LogP contribution in [0.2, 0.25) is 0 Å². The number of carboxylic acids is 4. The van der Waals surface area contributed by atoms with Gasteiger partial charge in [-0.3, -0.25) is 19.2 Å². The van der Waals surface area contributed by atoms with E-state index in [2.05, 4.69) is 10.6 Å². The van der Waals surface area contributed by atoms with Crippen molar-refractivity contribution in [3.05, 3.63) is 0 Å². The van der Waals surface area contributed by atoms with Crippen molar-refractivity contribution < 1.29 is 39.6 Å². The molecule has 132 valence electrons. The molecule has 0 aliphatic rings. The Morgan fingerprint density at radius 3 is 1.26 bits per heavy atom. The second kappa shape index (κ2) is 10.5. The van der Waals surface area contributed by atoms with Gasteiger partial charge in [0.25, 0.3) is 0 Å². The van der Waals surface area contributed by atoms with Crippen LogP contribution in [-0.4, -0.2) is 70.5 Å². The SMILES string of the molecule is O=C(O)CCC(CCC(=O)O)(CNCC(=O)O)CNCC(=O)O. The van der Waals surface area contributed by atoms with E-state index in [-0.39, 0.29) is 51.9 Å². The Morgan fingerprint density at radius 2 is 1.00 bits per heavy atom. The minimum atomic E-state index is -1.10. The van der Waals surface area contributed by atoms with E-state index in [0.29, 0.717) is 0 Å². The Bertz CT molecular complexity index is 398. The molecule has 0 aliphatic heterocycles. The van der Waals surface area contributed by atoms with E-state index in [1.54, 1.807) is 0 Å². The summed E-state index contributed by atoms with van der Waals surface area (Å²) in [5.41, 5.74) is -0.873. The lowest BCUT2D eigenvalue weighted by Crippen LogP contribution is -2.45. The molecule has 0 radical (unpaired) electrons. The highest BCUT2D eigenvalue weighted by molar-refractivity contribution is 5.69. The summed E-state index contributed by atoms with van der Waals surface area (Å²) in [5, 5.41) is 40.3. The zero-order valence-electron chi connectivity index (χ0n) is 12.6. The van der Waals surface area contributed by atoms with Gasteiger partial charge >= 0.3 is 23.9 Å². The summed E-state index contributed by atoms with van der Waals surface area (Å²) in [6.07, 6.45) is -0.282. The summed E-state index contributed by atoms with van der Waals surface area (Å²) < 4.78 is 0. The van der Waals surface area contributed by atoms with E-state index in [9.17, 15) is 19.2 Å². The summed E-state index contributed by atoms with van der Waals surface area (Å²) in [6.45, 7) is -0.597. The van der Waals surface area contributed by atoms with Gasteiger partial charge in [-0.1, -0.05) is 0 Å². The fraction of sp³-hybridized carbons (Fsp3) is 0.692. The van der Waals surface area contributed by atoms with E-state index in [4.69, 9.17) is 20.4 Å². The maximum Gasteiger partial charge on any atom is 0.317 e. The molecular weight excluding hydrogens is 312 g/mol. The number of carbonyl (C=O) groups is 4. The van der Waals surface area contributed by atoms with Crippen LogP contribution >= 0.6 is 0 Å². The van der Waals surface area contributed by atoms with Crippen molar-refractivity contribution in [2.45, 2.75) is 25.7 Å². The van der Waals surface area contributed by atoms with Crippen molar-refractivity contribution in [3.63, 3.8) is 0 Å². The molecule has 0 saturated heterocycles. The first-order valence-corrected chi connectivity index (χ1v) is 6.95. The molecule has 6 N–H and O–H groups in total. The van der Waals surface area contributed by atoms with Gasteiger partial charge in [0.2, 0.25) is 0 Å². The Labute approximate surface area is 132 Å². The summed E-state index contributed by atoms with van der Waals surface area (Å²) in [4.78, 5) is 42.8. The molecule has 0 aliphatic carbocycles. The largest absolute Gasteiger partial charge is 0.481 e. The highest BCUT2D eigenvalue weighted by atomic mass is 16.4. The molecule has 0 aromatic carbocycles. The van der Waals surface area contributed by atoms with Gasteiger partial charge in [-0.25, -0.2) is 0 Å². The predicted molar refractivity (Wildman–Crippen MR) is 77.2 cm³/mol. The molecule has 0 amide bonds. The molecule has 0 heterocycles. The van der Waals surface area contributed by atoms with Crippen molar-refractivity contribution in [1.82, 2.24) is 10.6 Å². The van der Waals surface area contributed by atoms with Gasteiger partial charge in [-0.15, -0.1) is 0 Å². The van der Waals surface area contributed by atoms with Crippen LogP contribution in [0.4, 0.5) is 0 Å². The Balaban J connectivity index is 4.96. The molecule has 0 aromatic rings. The Hall–Kier alpha value is -2.20. The number of hydrogen-bond donors (Lipinski definition) is 6. The molecule has 0 aromatic heterocycles. The third-order valence-corrected chi connectivity index (χ3v) is 3.29. The molecule has 0 spiro atoms. The van der Waals surface area contributed by atoms with Crippen LogP contribution in [0.3, 0.4) is 0 Å². The summed E-state index contributed by atoms with van der Waals surface area (Å²) in [6, 6.07) is 0. The molecule has 0 bridgehead atoms. The second-order valence-corrected chi connectivity index (χ2v) is 5.28. The molecule has 0 unspecified atom stereocenters. The summed E-state index contributed by atoms with van der Waals surface area (Å²) >= 11 is 0. The molecule has 0 atom stereocenters. The van der Waals surface area contributed by atoms with Crippen LogP contribution in [0.5, 0.6) is 0 Å². The van der Waals surface area contributed by atoms with Crippen LogP contribution < -0.4 is 10.6 Å². The number of hydrogen-bond acceptors (Lipinski definition) is 6. The van der Waals surface area contributed by atoms with Crippen molar-refractivity contribution >= 4 is 23.9 Å². The molecule has 0 rings (SSSR count). The Kier molecular flexibility index (Phi) is 9.51. The number of nitrogens with one attached hydrogen (secondary N) is 2. The monoisotopic (exact) mass is 334 g/mol. The third-order valence-electron chi connectivity index (χ3n) is 3.29. The average Bonchev–Trinajstić information content (AvgIpc) is 2.41. The fourth-order valence-electron chi connectivity index (χ4n) is 2.15.